The lowest BCUT2D eigenvalue weighted by atomic mass is 10.1. The number of para-hydroxylation sites is 1. The van der Waals surface area contributed by atoms with Crippen molar-refractivity contribution >= 4 is 11.6 Å². The van der Waals surface area contributed by atoms with E-state index < -0.39 is 0 Å². The van der Waals surface area contributed by atoms with Crippen molar-refractivity contribution in [1.29, 1.82) is 0 Å². The van der Waals surface area contributed by atoms with Crippen LogP contribution >= 0.6 is 0 Å². The third kappa shape index (κ3) is 2.03. The molecule has 1 heterocycles. The van der Waals surface area contributed by atoms with E-state index in [1.54, 1.807) is 0 Å². The predicted molar refractivity (Wildman–Crippen MR) is 74.6 cm³/mol. The van der Waals surface area contributed by atoms with Gasteiger partial charge in [0.25, 0.3) is 0 Å². The molecular weight excluding hydrogens is 224 g/mol. The summed E-state index contributed by atoms with van der Waals surface area (Å²) in [6.07, 6.45) is 1.22. The lowest BCUT2D eigenvalue weighted by Gasteiger charge is -2.28. The highest BCUT2D eigenvalue weighted by Crippen LogP contribution is 2.30. The largest absolute Gasteiger partial charge is 0.295 e. The van der Waals surface area contributed by atoms with E-state index in [9.17, 15) is 4.79 Å². The molecule has 1 aliphatic heterocycles. The Bertz CT molecular complexity index is 444. The summed E-state index contributed by atoms with van der Waals surface area (Å²) >= 11 is 0. The topological polar surface area (TPSA) is 23.6 Å². The first kappa shape index (κ1) is 13.1. The Labute approximate surface area is 109 Å². The normalized spacial score (nSPS) is 24.9. The number of hydrogen-bond acceptors (Lipinski definition) is 2. The molecule has 1 aromatic carbocycles. The minimum atomic E-state index is -0.0143. The van der Waals surface area contributed by atoms with Crippen LogP contribution in [-0.4, -0.2) is 29.6 Å². The third-order valence-electron chi connectivity index (χ3n) is 3.80. The van der Waals surface area contributed by atoms with Gasteiger partial charge in [-0.2, -0.15) is 0 Å². The van der Waals surface area contributed by atoms with Crippen LogP contribution in [0.5, 0.6) is 0 Å². The molecule has 1 aromatic rings. The van der Waals surface area contributed by atoms with E-state index in [0.29, 0.717) is 0 Å². The van der Waals surface area contributed by atoms with Gasteiger partial charge in [0, 0.05) is 12.2 Å². The van der Waals surface area contributed by atoms with Crippen LogP contribution < -0.4 is 4.90 Å². The van der Waals surface area contributed by atoms with Gasteiger partial charge in [-0.3, -0.25) is 14.6 Å². The summed E-state index contributed by atoms with van der Waals surface area (Å²) < 4.78 is 0. The number of carbonyl (C=O) groups excluding carboxylic acids is 1. The summed E-state index contributed by atoms with van der Waals surface area (Å²) in [6, 6.07) is 8.08. The Balaban J connectivity index is 2.34. The second kappa shape index (κ2) is 5.11. The second-order valence-electron chi connectivity index (χ2n) is 5.04. The molecule has 0 spiro atoms. The maximum absolute atomic E-state index is 12.4. The highest BCUT2D eigenvalue weighted by Gasteiger charge is 2.41. The van der Waals surface area contributed by atoms with Crippen LogP contribution in [0.1, 0.15) is 32.8 Å². The van der Waals surface area contributed by atoms with Crippen LogP contribution in [0.4, 0.5) is 5.69 Å². The van der Waals surface area contributed by atoms with E-state index in [4.69, 9.17) is 0 Å². The molecule has 3 nitrogen and oxygen atoms in total. The Morgan fingerprint density at radius 1 is 1.22 bits per heavy atom. The van der Waals surface area contributed by atoms with Crippen molar-refractivity contribution in [2.75, 3.05) is 11.4 Å². The van der Waals surface area contributed by atoms with Gasteiger partial charge in [0.05, 0.1) is 12.2 Å². The molecule has 1 aliphatic rings. The zero-order valence-corrected chi connectivity index (χ0v) is 11.7. The van der Waals surface area contributed by atoms with Crippen LogP contribution in [0.2, 0.25) is 0 Å². The van der Waals surface area contributed by atoms with Gasteiger partial charge in [-0.05, 0) is 38.8 Å². The molecule has 2 atom stereocenters. The summed E-state index contributed by atoms with van der Waals surface area (Å²) in [5, 5.41) is 0. The number of hydrogen-bond donors (Lipinski definition) is 0. The summed E-state index contributed by atoms with van der Waals surface area (Å²) in [5.74, 6) is 0.213. The number of benzene rings is 1. The number of amides is 1. The van der Waals surface area contributed by atoms with Gasteiger partial charge in [-0.25, -0.2) is 0 Å². The average Bonchev–Trinajstić information content (AvgIpc) is 2.55. The van der Waals surface area contributed by atoms with Gasteiger partial charge in [-0.1, -0.05) is 25.1 Å². The second-order valence-corrected chi connectivity index (χ2v) is 5.04. The number of rotatable bonds is 3. The summed E-state index contributed by atoms with van der Waals surface area (Å²) in [4.78, 5) is 16.7. The van der Waals surface area contributed by atoms with Crippen LogP contribution in [0, 0.1) is 6.92 Å². The van der Waals surface area contributed by atoms with Gasteiger partial charge in [0.1, 0.15) is 0 Å². The molecule has 1 saturated heterocycles. The molecule has 0 N–H and O–H groups in total. The molecule has 2 rings (SSSR count). The van der Waals surface area contributed by atoms with E-state index >= 15 is 0 Å². The van der Waals surface area contributed by atoms with Gasteiger partial charge in [0.15, 0.2) is 0 Å². The van der Waals surface area contributed by atoms with E-state index in [-0.39, 0.29) is 18.1 Å². The van der Waals surface area contributed by atoms with Crippen LogP contribution in [0.25, 0.3) is 0 Å². The summed E-state index contributed by atoms with van der Waals surface area (Å²) in [6.45, 7) is 9.30. The van der Waals surface area contributed by atoms with Gasteiger partial charge in [-0.15, -0.1) is 0 Å². The minimum absolute atomic E-state index is 0.0143. The molecule has 1 fully saturated rings. The average molecular weight is 246 g/mol. The molecule has 1 amide bonds. The number of anilines is 1. The smallest absolute Gasteiger partial charge is 0.245 e. The Kier molecular flexibility index (Phi) is 3.71. The van der Waals surface area contributed by atoms with Crippen molar-refractivity contribution < 1.29 is 4.79 Å². The van der Waals surface area contributed by atoms with Crippen molar-refractivity contribution in [2.24, 2.45) is 0 Å². The fraction of sp³-hybridized carbons (Fsp3) is 0.533. The van der Waals surface area contributed by atoms with Gasteiger partial charge < -0.3 is 0 Å². The zero-order valence-electron chi connectivity index (χ0n) is 11.7. The Morgan fingerprint density at radius 3 is 2.50 bits per heavy atom. The minimum Gasteiger partial charge on any atom is -0.295 e. The molecule has 3 heteroatoms. The first-order chi connectivity index (χ1) is 8.57. The maximum atomic E-state index is 12.4. The van der Waals surface area contributed by atoms with E-state index in [2.05, 4.69) is 31.7 Å². The van der Waals surface area contributed by atoms with E-state index in [1.165, 1.54) is 0 Å². The SMILES string of the molecule is CCCN1[C@@H](C)C(=O)N(c2ccccc2C)[C@@H]1C. The van der Waals surface area contributed by atoms with Crippen molar-refractivity contribution in [3.05, 3.63) is 29.8 Å². The molecule has 0 aromatic heterocycles. The van der Waals surface area contributed by atoms with Crippen molar-refractivity contribution in [3.8, 4) is 0 Å². The molecule has 0 bridgehead atoms. The summed E-state index contributed by atoms with van der Waals surface area (Å²) in [7, 11) is 0. The van der Waals surface area contributed by atoms with Crippen molar-refractivity contribution in [1.82, 2.24) is 4.90 Å². The predicted octanol–water partition coefficient (Wildman–Crippen LogP) is 2.79. The number of aryl methyl sites for hydroxylation is 1. The Morgan fingerprint density at radius 2 is 1.89 bits per heavy atom. The van der Waals surface area contributed by atoms with E-state index in [0.717, 1.165) is 24.2 Å². The monoisotopic (exact) mass is 246 g/mol. The fourth-order valence-corrected chi connectivity index (χ4v) is 2.79. The third-order valence-corrected chi connectivity index (χ3v) is 3.80. The molecule has 98 valence electrons. The zero-order chi connectivity index (χ0) is 13.3. The highest BCUT2D eigenvalue weighted by molar-refractivity contribution is 6.00. The van der Waals surface area contributed by atoms with Crippen LogP contribution in [0.3, 0.4) is 0 Å². The number of nitrogens with zero attached hydrogens (tertiary/aromatic N) is 2. The quantitative estimate of drug-likeness (QED) is 0.818. The molecular formula is C15H22N2O. The standard InChI is InChI=1S/C15H22N2O/c1-5-10-16-12(3)15(18)17(13(16)4)14-9-7-6-8-11(14)2/h6-9,12-13H,5,10H2,1-4H3/t12-,13+/m0/s1. The van der Waals surface area contributed by atoms with Gasteiger partial charge >= 0.3 is 0 Å². The summed E-state index contributed by atoms with van der Waals surface area (Å²) in [5.41, 5.74) is 2.20. The first-order valence-corrected chi connectivity index (χ1v) is 6.72. The fourth-order valence-electron chi connectivity index (χ4n) is 2.79. The lowest BCUT2D eigenvalue weighted by Crippen LogP contribution is -2.38. The van der Waals surface area contributed by atoms with Crippen molar-refractivity contribution in [2.45, 2.75) is 46.3 Å². The molecule has 0 aliphatic carbocycles. The van der Waals surface area contributed by atoms with Gasteiger partial charge in [0.2, 0.25) is 5.91 Å². The van der Waals surface area contributed by atoms with Crippen molar-refractivity contribution in [3.63, 3.8) is 0 Å². The first-order valence-electron chi connectivity index (χ1n) is 6.72. The number of carbonyl (C=O) groups is 1. The van der Waals surface area contributed by atoms with E-state index in [1.807, 2.05) is 30.0 Å². The molecule has 18 heavy (non-hydrogen) atoms. The molecule has 0 unspecified atom stereocenters. The maximum Gasteiger partial charge on any atom is 0.245 e. The van der Waals surface area contributed by atoms with Crippen LogP contribution in [0.15, 0.2) is 24.3 Å². The molecule has 0 radical (unpaired) electrons. The highest BCUT2D eigenvalue weighted by atomic mass is 16.2. The lowest BCUT2D eigenvalue weighted by molar-refractivity contribution is -0.119. The molecule has 0 saturated carbocycles. The van der Waals surface area contributed by atoms with Crippen LogP contribution in [-0.2, 0) is 4.79 Å². The Hall–Kier alpha value is -1.35.